The summed E-state index contributed by atoms with van der Waals surface area (Å²) < 4.78 is 5.83. The summed E-state index contributed by atoms with van der Waals surface area (Å²) in [5.74, 6) is 1.08. The molecule has 0 fully saturated rings. The second-order valence-corrected chi connectivity index (χ2v) is 6.16. The molecule has 1 aliphatic rings. The highest BCUT2D eigenvalue weighted by molar-refractivity contribution is 6.02. The van der Waals surface area contributed by atoms with Crippen molar-refractivity contribution in [2.45, 2.75) is 46.3 Å². The average molecular weight is 276 g/mol. The van der Waals surface area contributed by atoms with Gasteiger partial charge in [0.1, 0.15) is 5.75 Å². The molecule has 0 bridgehead atoms. The van der Waals surface area contributed by atoms with Crippen molar-refractivity contribution in [2.24, 2.45) is 11.7 Å². The second-order valence-electron chi connectivity index (χ2n) is 6.16. The highest BCUT2D eigenvalue weighted by atomic mass is 16.5. The number of fused-ring (bicyclic) bond motifs is 1. The third-order valence-electron chi connectivity index (χ3n) is 3.82. The van der Waals surface area contributed by atoms with Crippen LogP contribution in [0.4, 0.5) is 5.69 Å². The number of rotatable bonds is 3. The van der Waals surface area contributed by atoms with Gasteiger partial charge in [-0.3, -0.25) is 4.79 Å². The Hall–Kier alpha value is -1.55. The van der Waals surface area contributed by atoms with Crippen LogP contribution in [-0.2, 0) is 4.79 Å². The van der Waals surface area contributed by atoms with E-state index in [1.54, 1.807) is 18.7 Å². The summed E-state index contributed by atoms with van der Waals surface area (Å²) in [6.07, 6.45) is 0. The van der Waals surface area contributed by atoms with Crippen LogP contribution >= 0.6 is 0 Å². The first-order valence-electron chi connectivity index (χ1n) is 7.18. The minimum Gasteiger partial charge on any atom is -0.476 e. The number of carbonyl (C=O) groups is 1. The molecule has 2 rings (SSSR count). The van der Waals surface area contributed by atoms with Crippen LogP contribution in [0.25, 0.3) is 0 Å². The summed E-state index contributed by atoms with van der Waals surface area (Å²) in [5.41, 5.74) is 7.25. The van der Waals surface area contributed by atoms with Gasteiger partial charge in [-0.25, -0.2) is 0 Å². The molecule has 0 radical (unpaired) electrons. The van der Waals surface area contributed by atoms with Crippen LogP contribution in [0.2, 0.25) is 0 Å². The quantitative estimate of drug-likeness (QED) is 0.923. The van der Waals surface area contributed by atoms with E-state index in [1.807, 2.05) is 25.1 Å². The minimum atomic E-state index is -0.815. The van der Waals surface area contributed by atoms with E-state index in [-0.39, 0.29) is 11.9 Å². The van der Waals surface area contributed by atoms with Crippen LogP contribution in [0, 0.1) is 5.92 Å². The molecule has 0 saturated carbocycles. The fourth-order valence-electron chi connectivity index (χ4n) is 2.49. The minimum absolute atomic E-state index is 0.0113. The van der Waals surface area contributed by atoms with Crippen LogP contribution in [0.1, 0.15) is 46.2 Å². The number of ether oxygens (including phenoxy) is 1. The number of amides is 1. The third-order valence-corrected chi connectivity index (χ3v) is 3.82. The molecule has 1 aliphatic heterocycles. The van der Waals surface area contributed by atoms with Crippen LogP contribution in [-0.4, -0.2) is 18.1 Å². The van der Waals surface area contributed by atoms with Gasteiger partial charge in [0.15, 0.2) is 5.60 Å². The zero-order valence-electron chi connectivity index (χ0n) is 12.9. The molecule has 0 aliphatic carbocycles. The lowest BCUT2D eigenvalue weighted by Crippen LogP contribution is -2.52. The van der Waals surface area contributed by atoms with Crippen LogP contribution in [0.5, 0.6) is 5.75 Å². The van der Waals surface area contributed by atoms with E-state index < -0.39 is 5.60 Å². The Bertz CT molecular complexity index is 523. The maximum absolute atomic E-state index is 12.4. The Kier molecular flexibility index (Phi) is 3.78. The molecule has 0 spiro atoms. The number of anilines is 1. The van der Waals surface area contributed by atoms with E-state index >= 15 is 0 Å². The molecule has 1 amide bonds. The molecule has 1 heterocycles. The molecule has 2 N–H and O–H groups in total. The van der Waals surface area contributed by atoms with Crippen molar-refractivity contribution in [3.05, 3.63) is 23.8 Å². The normalized spacial score (nSPS) is 18.8. The standard InChI is InChI=1S/C16H24N2O2/c1-6-18-12-9-11(14(17)10(2)3)7-8-13(12)20-16(4,5)15(18)19/h7-10,14H,6,17H2,1-5H3. The van der Waals surface area contributed by atoms with E-state index in [0.29, 0.717) is 12.5 Å². The summed E-state index contributed by atoms with van der Waals surface area (Å²) in [6, 6.07) is 5.85. The van der Waals surface area contributed by atoms with Gasteiger partial charge < -0.3 is 15.4 Å². The number of carbonyl (C=O) groups excluding carboxylic acids is 1. The summed E-state index contributed by atoms with van der Waals surface area (Å²) in [6.45, 7) is 10.4. The Labute approximate surface area is 120 Å². The molecule has 1 atom stereocenters. The van der Waals surface area contributed by atoms with Gasteiger partial charge in [-0.1, -0.05) is 19.9 Å². The van der Waals surface area contributed by atoms with Gasteiger partial charge >= 0.3 is 0 Å². The summed E-state index contributed by atoms with van der Waals surface area (Å²) in [7, 11) is 0. The van der Waals surface area contributed by atoms with Gasteiger partial charge in [0.25, 0.3) is 5.91 Å². The van der Waals surface area contributed by atoms with Crippen molar-refractivity contribution >= 4 is 11.6 Å². The van der Waals surface area contributed by atoms with E-state index in [4.69, 9.17) is 10.5 Å². The number of benzene rings is 1. The molecule has 4 nitrogen and oxygen atoms in total. The number of likely N-dealkylation sites (N-methyl/N-ethyl adjacent to an activating group) is 1. The van der Waals surface area contributed by atoms with Gasteiger partial charge in [0.2, 0.25) is 0 Å². The van der Waals surface area contributed by atoms with E-state index in [2.05, 4.69) is 13.8 Å². The Morgan fingerprint density at radius 2 is 2.00 bits per heavy atom. The fraction of sp³-hybridized carbons (Fsp3) is 0.562. The zero-order chi connectivity index (χ0) is 15.1. The second kappa shape index (κ2) is 5.09. The van der Waals surface area contributed by atoms with Crippen molar-refractivity contribution in [1.29, 1.82) is 0 Å². The van der Waals surface area contributed by atoms with Crippen molar-refractivity contribution in [3.8, 4) is 5.75 Å². The van der Waals surface area contributed by atoms with Gasteiger partial charge in [0, 0.05) is 12.6 Å². The highest BCUT2D eigenvalue weighted by Gasteiger charge is 2.40. The monoisotopic (exact) mass is 276 g/mol. The first-order valence-corrected chi connectivity index (χ1v) is 7.18. The molecular formula is C16H24N2O2. The number of hydrogen-bond donors (Lipinski definition) is 1. The maximum atomic E-state index is 12.4. The largest absolute Gasteiger partial charge is 0.476 e. The van der Waals surface area contributed by atoms with Gasteiger partial charge in [-0.05, 0) is 44.4 Å². The van der Waals surface area contributed by atoms with E-state index in [9.17, 15) is 4.79 Å². The number of nitrogens with two attached hydrogens (primary N) is 1. The fourth-order valence-corrected chi connectivity index (χ4v) is 2.49. The highest BCUT2D eigenvalue weighted by Crippen LogP contribution is 2.39. The Morgan fingerprint density at radius 3 is 2.55 bits per heavy atom. The summed E-state index contributed by atoms with van der Waals surface area (Å²) in [4.78, 5) is 14.2. The number of nitrogens with zero attached hydrogens (tertiary/aromatic N) is 1. The van der Waals surface area contributed by atoms with Gasteiger partial charge in [-0.15, -0.1) is 0 Å². The lowest BCUT2D eigenvalue weighted by atomic mass is 9.95. The predicted octanol–water partition coefficient (Wildman–Crippen LogP) is 2.87. The van der Waals surface area contributed by atoms with E-state index in [1.165, 1.54) is 0 Å². The molecular weight excluding hydrogens is 252 g/mol. The Morgan fingerprint density at radius 1 is 1.35 bits per heavy atom. The molecule has 1 aromatic carbocycles. The molecule has 110 valence electrons. The van der Waals surface area contributed by atoms with Crippen molar-refractivity contribution in [3.63, 3.8) is 0 Å². The lowest BCUT2D eigenvalue weighted by molar-refractivity contribution is -0.132. The summed E-state index contributed by atoms with van der Waals surface area (Å²) >= 11 is 0. The SMILES string of the molecule is CCN1C(=O)C(C)(C)Oc2ccc(C(N)C(C)C)cc21. The molecule has 4 heteroatoms. The third kappa shape index (κ3) is 2.40. The Balaban J connectivity index is 2.48. The zero-order valence-corrected chi connectivity index (χ0v) is 12.9. The van der Waals surface area contributed by atoms with Crippen molar-refractivity contribution in [1.82, 2.24) is 0 Å². The predicted molar refractivity (Wildman–Crippen MR) is 80.9 cm³/mol. The molecule has 1 aromatic rings. The molecule has 20 heavy (non-hydrogen) atoms. The first kappa shape index (κ1) is 14.9. The van der Waals surface area contributed by atoms with Crippen molar-refractivity contribution in [2.75, 3.05) is 11.4 Å². The summed E-state index contributed by atoms with van der Waals surface area (Å²) in [5, 5.41) is 0. The topological polar surface area (TPSA) is 55.6 Å². The lowest BCUT2D eigenvalue weighted by Gasteiger charge is -2.38. The average Bonchev–Trinajstić information content (AvgIpc) is 2.38. The molecule has 1 unspecified atom stereocenters. The molecule has 0 aromatic heterocycles. The van der Waals surface area contributed by atoms with Gasteiger partial charge in [0.05, 0.1) is 5.69 Å². The molecule has 0 saturated heterocycles. The van der Waals surface area contributed by atoms with Crippen LogP contribution in [0.3, 0.4) is 0 Å². The van der Waals surface area contributed by atoms with Crippen LogP contribution < -0.4 is 15.4 Å². The number of hydrogen-bond acceptors (Lipinski definition) is 3. The smallest absolute Gasteiger partial charge is 0.270 e. The van der Waals surface area contributed by atoms with Crippen molar-refractivity contribution < 1.29 is 9.53 Å². The van der Waals surface area contributed by atoms with Crippen LogP contribution in [0.15, 0.2) is 18.2 Å². The maximum Gasteiger partial charge on any atom is 0.270 e. The van der Waals surface area contributed by atoms with E-state index in [0.717, 1.165) is 17.0 Å². The van der Waals surface area contributed by atoms with Gasteiger partial charge in [-0.2, -0.15) is 0 Å². The first-order chi connectivity index (χ1) is 9.27.